The van der Waals surface area contributed by atoms with E-state index in [2.05, 4.69) is 35.9 Å². The first kappa shape index (κ1) is 22.8. The molecule has 1 fully saturated rings. The van der Waals surface area contributed by atoms with Gasteiger partial charge in [-0.05, 0) is 56.5 Å². The van der Waals surface area contributed by atoms with Crippen molar-refractivity contribution in [3.8, 4) is 0 Å². The van der Waals surface area contributed by atoms with Crippen molar-refractivity contribution in [3.05, 3.63) is 59.2 Å². The van der Waals surface area contributed by atoms with Crippen LogP contribution in [0, 0.1) is 12.8 Å². The van der Waals surface area contributed by atoms with Crippen molar-refractivity contribution < 1.29 is 14.7 Å². The number of carboxylic acids is 1. The highest BCUT2D eigenvalue weighted by atomic mass is 16.4. The van der Waals surface area contributed by atoms with Crippen molar-refractivity contribution in [1.82, 2.24) is 4.90 Å². The molecule has 0 bridgehead atoms. The fraction of sp³-hybridized carbons (Fsp3) is 0.440. The predicted octanol–water partition coefficient (Wildman–Crippen LogP) is 4.50. The Hall–Kier alpha value is -2.86. The van der Waals surface area contributed by atoms with Gasteiger partial charge in [0.15, 0.2) is 0 Å². The first-order valence-electron chi connectivity index (χ1n) is 11.0. The third-order valence-electron chi connectivity index (χ3n) is 5.89. The van der Waals surface area contributed by atoms with Crippen molar-refractivity contribution >= 4 is 23.3 Å². The van der Waals surface area contributed by atoms with Crippen molar-refractivity contribution in [2.24, 2.45) is 5.92 Å². The van der Waals surface area contributed by atoms with Crippen LogP contribution < -0.4 is 10.2 Å². The van der Waals surface area contributed by atoms with Gasteiger partial charge in [0.25, 0.3) is 5.91 Å². The average Bonchev–Trinajstić information content (AvgIpc) is 2.73. The number of hydrogen-bond donors (Lipinski definition) is 2. The van der Waals surface area contributed by atoms with Gasteiger partial charge in [-0.1, -0.05) is 31.5 Å². The molecule has 0 aliphatic carbocycles. The Labute approximate surface area is 184 Å². The summed E-state index contributed by atoms with van der Waals surface area (Å²) in [5.41, 5.74) is 3.02. The maximum atomic E-state index is 12.5. The molecule has 2 aromatic rings. The summed E-state index contributed by atoms with van der Waals surface area (Å²) >= 11 is 0. The maximum absolute atomic E-state index is 12.5. The number of aromatic carboxylic acids is 1. The number of amides is 1. The van der Waals surface area contributed by atoms with Crippen molar-refractivity contribution in [2.75, 3.05) is 36.4 Å². The van der Waals surface area contributed by atoms with Crippen molar-refractivity contribution in [1.29, 1.82) is 0 Å². The van der Waals surface area contributed by atoms with Crippen LogP contribution in [0.2, 0.25) is 0 Å². The van der Waals surface area contributed by atoms with Crippen LogP contribution in [0.1, 0.15) is 53.5 Å². The number of carbonyl (C=O) groups is 2. The van der Waals surface area contributed by atoms with Crippen LogP contribution in [0.25, 0.3) is 0 Å². The third kappa shape index (κ3) is 5.85. The molecule has 6 heteroatoms. The minimum atomic E-state index is -0.989. The third-order valence-corrected chi connectivity index (χ3v) is 5.89. The Morgan fingerprint density at radius 3 is 2.23 bits per heavy atom. The van der Waals surface area contributed by atoms with Crippen LogP contribution in [0.5, 0.6) is 0 Å². The van der Waals surface area contributed by atoms with Gasteiger partial charge in [-0.2, -0.15) is 0 Å². The summed E-state index contributed by atoms with van der Waals surface area (Å²) in [6, 6.07) is 12.9. The molecule has 31 heavy (non-hydrogen) atoms. The van der Waals surface area contributed by atoms with E-state index in [-0.39, 0.29) is 11.5 Å². The summed E-state index contributed by atoms with van der Waals surface area (Å²) in [6.07, 6.45) is 1.16. The molecular formula is C25H33N3O3. The molecule has 0 radical (unpaired) electrons. The lowest BCUT2D eigenvalue weighted by atomic mass is 10.0. The van der Waals surface area contributed by atoms with Gasteiger partial charge in [-0.25, -0.2) is 4.79 Å². The van der Waals surface area contributed by atoms with E-state index in [0.717, 1.165) is 38.2 Å². The van der Waals surface area contributed by atoms with E-state index >= 15 is 0 Å². The second kappa shape index (κ2) is 9.96. The Morgan fingerprint density at radius 1 is 1.00 bits per heavy atom. The fourth-order valence-electron chi connectivity index (χ4n) is 4.20. The molecule has 1 amide bonds. The summed E-state index contributed by atoms with van der Waals surface area (Å²) in [7, 11) is 0. The molecule has 1 atom stereocenters. The number of aryl methyl sites for hydroxylation is 1. The van der Waals surface area contributed by atoms with E-state index in [9.17, 15) is 14.7 Å². The number of piperazine rings is 1. The Bertz CT molecular complexity index is 916. The molecule has 3 rings (SSSR count). The van der Waals surface area contributed by atoms with E-state index < -0.39 is 5.97 Å². The van der Waals surface area contributed by atoms with E-state index in [1.165, 1.54) is 0 Å². The van der Waals surface area contributed by atoms with Gasteiger partial charge in [0.05, 0.1) is 11.3 Å². The first-order chi connectivity index (χ1) is 14.7. The Kier molecular flexibility index (Phi) is 7.33. The fourth-order valence-corrected chi connectivity index (χ4v) is 4.20. The average molecular weight is 424 g/mol. The van der Waals surface area contributed by atoms with Gasteiger partial charge >= 0.3 is 5.97 Å². The van der Waals surface area contributed by atoms with Gasteiger partial charge in [-0.15, -0.1) is 0 Å². The Balaban J connectivity index is 1.70. The van der Waals surface area contributed by atoms with Crippen LogP contribution in [0.4, 0.5) is 11.4 Å². The molecule has 0 saturated carbocycles. The standard InChI is InChI=1S/C25H33N3O3/c1-17(2)15-19(4)27-11-13-28(14-12-27)23-10-9-21(16-22(23)25(30)31)26-24(29)20-7-5-18(3)6-8-20/h5-10,16-17,19H,11-15H2,1-4H3,(H,26,29)(H,30,31)/t19-/m0/s1. The number of carboxylic acid groups (broad SMARTS) is 1. The summed E-state index contributed by atoms with van der Waals surface area (Å²) in [6.45, 7) is 12.1. The van der Waals surface area contributed by atoms with Gasteiger partial charge in [-0.3, -0.25) is 9.69 Å². The molecule has 1 saturated heterocycles. The molecule has 2 N–H and O–H groups in total. The summed E-state index contributed by atoms with van der Waals surface area (Å²) in [4.78, 5) is 29.1. The van der Waals surface area contributed by atoms with E-state index in [0.29, 0.717) is 28.9 Å². The highest BCUT2D eigenvalue weighted by Gasteiger charge is 2.24. The van der Waals surface area contributed by atoms with Crippen LogP contribution in [-0.2, 0) is 0 Å². The van der Waals surface area contributed by atoms with Crippen LogP contribution in [0.15, 0.2) is 42.5 Å². The van der Waals surface area contributed by atoms with Gasteiger partial charge in [0.2, 0.25) is 0 Å². The highest BCUT2D eigenvalue weighted by molar-refractivity contribution is 6.05. The quantitative estimate of drug-likeness (QED) is 0.686. The highest BCUT2D eigenvalue weighted by Crippen LogP contribution is 2.27. The zero-order valence-electron chi connectivity index (χ0n) is 18.9. The topological polar surface area (TPSA) is 72.9 Å². The lowest BCUT2D eigenvalue weighted by Crippen LogP contribution is -2.50. The monoisotopic (exact) mass is 423 g/mol. The van der Waals surface area contributed by atoms with Crippen LogP contribution in [0.3, 0.4) is 0 Å². The van der Waals surface area contributed by atoms with Crippen LogP contribution >= 0.6 is 0 Å². The number of hydrogen-bond acceptors (Lipinski definition) is 4. The van der Waals surface area contributed by atoms with Crippen molar-refractivity contribution in [3.63, 3.8) is 0 Å². The number of anilines is 2. The Morgan fingerprint density at radius 2 is 1.65 bits per heavy atom. The minimum absolute atomic E-state index is 0.213. The lowest BCUT2D eigenvalue weighted by molar-refractivity contribution is 0.0696. The van der Waals surface area contributed by atoms with Gasteiger partial charge in [0, 0.05) is 43.5 Å². The number of nitrogens with zero attached hydrogens (tertiary/aromatic N) is 2. The summed E-state index contributed by atoms with van der Waals surface area (Å²) < 4.78 is 0. The number of benzene rings is 2. The molecule has 166 valence electrons. The maximum Gasteiger partial charge on any atom is 0.337 e. The number of carbonyl (C=O) groups excluding carboxylic acids is 1. The normalized spacial score (nSPS) is 15.7. The smallest absolute Gasteiger partial charge is 0.337 e. The molecule has 2 aromatic carbocycles. The molecule has 1 aliphatic heterocycles. The zero-order valence-corrected chi connectivity index (χ0v) is 18.9. The lowest BCUT2D eigenvalue weighted by Gasteiger charge is -2.40. The second-order valence-corrected chi connectivity index (χ2v) is 8.86. The predicted molar refractivity (Wildman–Crippen MR) is 125 cm³/mol. The number of nitrogens with one attached hydrogen (secondary N) is 1. The zero-order chi connectivity index (χ0) is 22.5. The molecule has 0 aromatic heterocycles. The summed E-state index contributed by atoms with van der Waals surface area (Å²) in [5, 5.41) is 12.6. The molecule has 1 heterocycles. The molecule has 0 spiro atoms. The van der Waals surface area contributed by atoms with Gasteiger partial charge < -0.3 is 15.3 Å². The second-order valence-electron chi connectivity index (χ2n) is 8.86. The van der Waals surface area contributed by atoms with E-state index in [1.54, 1.807) is 30.3 Å². The molecule has 1 aliphatic rings. The summed E-state index contributed by atoms with van der Waals surface area (Å²) in [5.74, 6) is -0.580. The number of rotatable bonds is 7. The molecule has 0 unspecified atom stereocenters. The van der Waals surface area contributed by atoms with Crippen molar-refractivity contribution in [2.45, 2.75) is 40.2 Å². The SMILES string of the molecule is Cc1ccc(C(=O)Nc2ccc(N3CCN([C@@H](C)CC(C)C)CC3)c(C(=O)O)c2)cc1. The van der Waals surface area contributed by atoms with Gasteiger partial charge in [0.1, 0.15) is 0 Å². The minimum Gasteiger partial charge on any atom is -0.478 e. The van der Waals surface area contributed by atoms with E-state index in [4.69, 9.17) is 0 Å². The van der Waals surface area contributed by atoms with E-state index in [1.807, 2.05) is 19.1 Å². The largest absolute Gasteiger partial charge is 0.478 e. The first-order valence-corrected chi connectivity index (χ1v) is 11.0. The molecule has 6 nitrogen and oxygen atoms in total. The molecular weight excluding hydrogens is 390 g/mol. The van der Waals surface area contributed by atoms with Crippen LogP contribution in [-0.4, -0.2) is 54.1 Å².